The Bertz CT molecular complexity index is 1160. The second-order valence-corrected chi connectivity index (χ2v) is 9.73. The van der Waals surface area contributed by atoms with Crippen LogP contribution in [-0.2, 0) is 5.41 Å². The first-order chi connectivity index (χ1) is 16.7. The van der Waals surface area contributed by atoms with Gasteiger partial charge in [-0.1, -0.05) is 32.9 Å². The Labute approximate surface area is 206 Å². The summed E-state index contributed by atoms with van der Waals surface area (Å²) in [4.78, 5) is 19.5. The summed E-state index contributed by atoms with van der Waals surface area (Å²) in [6, 6.07) is 12.9. The van der Waals surface area contributed by atoms with Crippen LogP contribution in [0.4, 0.5) is 17.6 Å². The lowest BCUT2D eigenvalue weighted by atomic mass is 9.87. The fraction of sp³-hybridized carbons (Fsp3) is 0.423. The number of anilines is 3. The van der Waals surface area contributed by atoms with E-state index in [1.165, 1.54) is 12.8 Å². The molecule has 1 saturated heterocycles. The van der Waals surface area contributed by atoms with Gasteiger partial charge in [-0.15, -0.1) is 5.10 Å². The smallest absolute Gasteiger partial charge is 0.281 e. The van der Waals surface area contributed by atoms with E-state index in [0.29, 0.717) is 29.4 Å². The number of rotatable bonds is 8. The molecular formula is C26H34N6O3. The first kappa shape index (κ1) is 24.5. The van der Waals surface area contributed by atoms with Crippen molar-refractivity contribution in [2.75, 3.05) is 44.4 Å². The van der Waals surface area contributed by atoms with Gasteiger partial charge in [0, 0.05) is 23.9 Å². The van der Waals surface area contributed by atoms with E-state index in [1.807, 2.05) is 24.3 Å². The molecule has 35 heavy (non-hydrogen) atoms. The van der Waals surface area contributed by atoms with E-state index < -0.39 is 0 Å². The number of methoxy groups -OCH3 is 1. The summed E-state index contributed by atoms with van der Waals surface area (Å²) < 4.78 is 12.5. The van der Waals surface area contributed by atoms with Crippen LogP contribution in [0.3, 0.4) is 0 Å². The molecule has 1 aliphatic heterocycles. The van der Waals surface area contributed by atoms with Crippen molar-refractivity contribution in [2.24, 2.45) is 0 Å². The zero-order valence-electron chi connectivity index (χ0n) is 20.9. The summed E-state index contributed by atoms with van der Waals surface area (Å²) in [5, 5.41) is 7.35. The molecule has 1 aromatic heterocycles. The number of hydrogen-bond acceptors (Lipinski definition) is 8. The SMILES string of the molecule is COc1cc(Nc2nc(N)n(C(=O)c3ccc(C(C)(C)C)cc3)n2)ccc1OCCN1CCCC1. The summed E-state index contributed by atoms with van der Waals surface area (Å²) >= 11 is 0. The molecule has 3 aromatic rings. The van der Waals surface area contributed by atoms with Crippen molar-refractivity contribution in [2.45, 2.75) is 39.0 Å². The fourth-order valence-electron chi connectivity index (χ4n) is 4.05. The molecule has 0 radical (unpaired) electrons. The maximum absolute atomic E-state index is 12.9. The van der Waals surface area contributed by atoms with Gasteiger partial charge < -0.3 is 20.5 Å². The van der Waals surface area contributed by atoms with Crippen molar-refractivity contribution in [1.82, 2.24) is 19.7 Å². The summed E-state index contributed by atoms with van der Waals surface area (Å²) in [6.07, 6.45) is 2.51. The maximum atomic E-state index is 12.9. The van der Waals surface area contributed by atoms with Crippen molar-refractivity contribution in [3.8, 4) is 11.5 Å². The topological polar surface area (TPSA) is 108 Å². The number of carbonyl (C=O) groups excluding carboxylic acids is 1. The molecule has 186 valence electrons. The molecule has 3 N–H and O–H groups in total. The van der Waals surface area contributed by atoms with Gasteiger partial charge in [-0.25, -0.2) is 0 Å². The maximum Gasteiger partial charge on any atom is 0.281 e. The van der Waals surface area contributed by atoms with Gasteiger partial charge in [0.15, 0.2) is 11.5 Å². The summed E-state index contributed by atoms with van der Waals surface area (Å²) in [6.45, 7) is 10.1. The van der Waals surface area contributed by atoms with Gasteiger partial charge >= 0.3 is 0 Å². The van der Waals surface area contributed by atoms with Crippen LogP contribution in [0, 0.1) is 0 Å². The third-order valence-electron chi connectivity index (χ3n) is 6.11. The molecule has 9 heteroatoms. The number of aromatic nitrogens is 3. The Morgan fingerprint density at radius 2 is 1.80 bits per heavy atom. The molecule has 0 saturated carbocycles. The summed E-state index contributed by atoms with van der Waals surface area (Å²) in [5.41, 5.74) is 8.31. The van der Waals surface area contributed by atoms with Gasteiger partial charge in [-0.3, -0.25) is 9.69 Å². The predicted molar refractivity (Wildman–Crippen MR) is 137 cm³/mol. The first-order valence-electron chi connectivity index (χ1n) is 11.9. The highest BCUT2D eigenvalue weighted by Gasteiger charge is 2.19. The highest BCUT2D eigenvalue weighted by molar-refractivity contribution is 5.96. The van der Waals surface area contributed by atoms with Crippen molar-refractivity contribution >= 4 is 23.5 Å². The molecule has 2 heterocycles. The molecule has 4 rings (SSSR count). The number of nitrogens with two attached hydrogens (primary N) is 1. The summed E-state index contributed by atoms with van der Waals surface area (Å²) in [7, 11) is 1.60. The van der Waals surface area contributed by atoms with E-state index in [1.54, 1.807) is 25.3 Å². The van der Waals surface area contributed by atoms with Crippen LogP contribution in [0.25, 0.3) is 0 Å². The van der Waals surface area contributed by atoms with E-state index in [0.717, 1.165) is 29.9 Å². The van der Waals surface area contributed by atoms with E-state index in [2.05, 4.69) is 41.1 Å². The van der Waals surface area contributed by atoms with Gasteiger partial charge in [0.05, 0.1) is 7.11 Å². The molecule has 1 fully saturated rings. The average Bonchev–Trinajstić information content (AvgIpc) is 3.48. The van der Waals surface area contributed by atoms with E-state index in [9.17, 15) is 4.79 Å². The van der Waals surface area contributed by atoms with Gasteiger partial charge in [0.25, 0.3) is 5.91 Å². The standard InChI is InChI=1S/C26H34N6O3/c1-26(2,3)19-9-7-18(8-10-19)23(33)32-24(27)29-25(30-32)28-20-11-12-21(22(17-20)34-4)35-16-15-31-13-5-6-14-31/h7-12,17H,5-6,13-16H2,1-4H3,(H3,27,28,29,30). The summed E-state index contributed by atoms with van der Waals surface area (Å²) in [5.74, 6) is 1.14. The minimum Gasteiger partial charge on any atom is -0.493 e. The van der Waals surface area contributed by atoms with Crippen molar-refractivity contribution in [1.29, 1.82) is 0 Å². The number of carbonyl (C=O) groups is 1. The highest BCUT2D eigenvalue weighted by Crippen LogP contribution is 2.31. The number of hydrogen-bond donors (Lipinski definition) is 2. The number of nitrogen functional groups attached to an aromatic ring is 1. The predicted octanol–water partition coefficient (Wildman–Crippen LogP) is 4.07. The lowest BCUT2D eigenvalue weighted by molar-refractivity contribution is 0.0948. The van der Waals surface area contributed by atoms with Crippen LogP contribution < -0.4 is 20.5 Å². The zero-order valence-corrected chi connectivity index (χ0v) is 20.9. The fourth-order valence-corrected chi connectivity index (χ4v) is 4.05. The number of nitrogens with zero attached hydrogens (tertiary/aromatic N) is 4. The Hall–Kier alpha value is -3.59. The first-order valence-corrected chi connectivity index (χ1v) is 11.9. The molecule has 0 atom stereocenters. The largest absolute Gasteiger partial charge is 0.493 e. The molecule has 0 aliphatic carbocycles. The minimum absolute atomic E-state index is 0.000475. The molecular weight excluding hydrogens is 444 g/mol. The number of ether oxygens (including phenoxy) is 2. The van der Waals surface area contributed by atoms with Crippen LogP contribution in [0.1, 0.15) is 49.5 Å². The van der Waals surface area contributed by atoms with Crippen LogP contribution in [0.2, 0.25) is 0 Å². The van der Waals surface area contributed by atoms with Crippen LogP contribution in [0.5, 0.6) is 11.5 Å². The van der Waals surface area contributed by atoms with E-state index in [4.69, 9.17) is 15.2 Å². The quantitative estimate of drug-likeness (QED) is 0.499. The lowest BCUT2D eigenvalue weighted by Crippen LogP contribution is -2.25. The second kappa shape index (κ2) is 10.4. The third-order valence-corrected chi connectivity index (χ3v) is 6.11. The molecule has 2 aromatic carbocycles. The molecule has 9 nitrogen and oxygen atoms in total. The van der Waals surface area contributed by atoms with Crippen molar-refractivity contribution in [3.63, 3.8) is 0 Å². The monoisotopic (exact) mass is 478 g/mol. The Kier molecular flexibility index (Phi) is 7.25. The minimum atomic E-state index is -0.345. The lowest BCUT2D eigenvalue weighted by Gasteiger charge is -2.18. The highest BCUT2D eigenvalue weighted by atomic mass is 16.5. The molecule has 1 aliphatic rings. The zero-order chi connectivity index (χ0) is 25.0. The molecule has 0 amide bonds. The van der Waals surface area contributed by atoms with Gasteiger partial charge in [-0.05, 0) is 61.2 Å². The van der Waals surface area contributed by atoms with Gasteiger partial charge in [0.2, 0.25) is 11.9 Å². The Balaban J connectivity index is 1.42. The van der Waals surface area contributed by atoms with Crippen LogP contribution in [-0.4, -0.2) is 58.9 Å². The van der Waals surface area contributed by atoms with Crippen LogP contribution >= 0.6 is 0 Å². The van der Waals surface area contributed by atoms with Gasteiger partial charge in [0.1, 0.15) is 6.61 Å². The van der Waals surface area contributed by atoms with E-state index in [-0.39, 0.29) is 23.2 Å². The molecule has 0 unspecified atom stereocenters. The van der Waals surface area contributed by atoms with Crippen LogP contribution in [0.15, 0.2) is 42.5 Å². The van der Waals surface area contributed by atoms with Crippen molar-refractivity contribution < 1.29 is 14.3 Å². The average molecular weight is 479 g/mol. The molecule has 0 bridgehead atoms. The third kappa shape index (κ3) is 5.92. The Morgan fingerprint density at radius 3 is 2.46 bits per heavy atom. The second-order valence-electron chi connectivity index (χ2n) is 9.73. The Morgan fingerprint density at radius 1 is 1.09 bits per heavy atom. The number of likely N-dealkylation sites (tertiary alicyclic amines) is 1. The normalized spacial score (nSPS) is 14.2. The number of benzene rings is 2. The molecule has 0 spiro atoms. The number of nitrogens with one attached hydrogen (secondary N) is 1. The van der Waals surface area contributed by atoms with Gasteiger partial charge in [-0.2, -0.15) is 9.67 Å². The van der Waals surface area contributed by atoms with E-state index >= 15 is 0 Å². The van der Waals surface area contributed by atoms with Crippen molar-refractivity contribution in [3.05, 3.63) is 53.6 Å².